The number of aliphatic hydroxyl groups excluding tert-OH is 1. The van der Waals surface area contributed by atoms with Crippen molar-refractivity contribution in [2.24, 2.45) is 10.9 Å². The Morgan fingerprint density at radius 1 is 1.23 bits per heavy atom. The van der Waals surface area contributed by atoms with Gasteiger partial charge in [0.1, 0.15) is 17.6 Å². The number of guanidine groups is 1. The smallest absolute Gasteiger partial charge is 0.191 e. The number of methoxy groups -OCH3 is 2. The number of likely N-dealkylation sites (tertiary alicyclic amines) is 1. The summed E-state index contributed by atoms with van der Waals surface area (Å²) in [7, 11) is 3.21. The second-order valence-electron chi connectivity index (χ2n) is 8.38. The van der Waals surface area contributed by atoms with Crippen LogP contribution in [0, 0.1) is 5.92 Å². The summed E-state index contributed by atoms with van der Waals surface area (Å²) in [6, 6.07) is 5.83. The number of hydrogen-bond acceptors (Lipinski definition) is 5. The topological polar surface area (TPSA) is 78.4 Å². The molecule has 1 aromatic rings. The molecule has 0 spiro atoms. The number of ether oxygens (including phenoxy) is 2. The average molecular weight is 419 g/mol. The van der Waals surface area contributed by atoms with E-state index in [1.165, 1.54) is 32.2 Å². The molecule has 168 valence electrons. The van der Waals surface area contributed by atoms with Crippen molar-refractivity contribution in [1.29, 1.82) is 0 Å². The molecule has 1 saturated heterocycles. The maximum atomic E-state index is 10.7. The van der Waals surface area contributed by atoms with Gasteiger partial charge in [-0.3, -0.25) is 4.99 Å². The van der Waals surface area contributed by atoms with Crippen molar-refractivity contribution >= 4 is 5.96 Å². The van der Waals surface area contributed by atoms with E-state index in [4.69, 9.17) is 9.47 Å². The first-order chi connectivity index (χ1) is 14.6. The third-order valence-corrected chi connectivity index (χ3v) is 6.17. The molecule has 30 heavy (non-hydrogen) atoms. The van der Waals surface area contributed by atoms with Gasteiger partial charge in [-0.15, -0.1) is 0 Å². The van der Waals surface area contributed by atoms with Crippen molar-refractivity contribution in [3.05, 3.63) is 23.8 Å². The van der Waals surface area contributed by atoms with Crippen molar-refractivity contribution in [3.63, 3.8) is 0 Å². The predicted octanol–water partition coefficient (Wildman–Crippen LogP) is 2.56. The number of aliphatic hydroxyl groups is 1. The van der Waals surface area contributed by atoms with E-state index < -0.39 is 6.10 Å². The summed E-state index contributed by atoms with van der Waals surface area (Å²) >= 11 is 0. The van der Waals surface area contributed by atoms with Crippen LogP contribution in [-0.4, -0.2) is 69.0 Å². The Kier molecular flexibility index (Phi) is 8.63. The van der Waals surface area contributed by atoms with E-state index in [0.29, 0.717) is 23.1 Å². The van der Waals surface area contributed by atoms with Crippen LogP contribution in [-0.2, 0) is 0 Å². The first-order valence-electron chi connectivity index (χ1n) is 11.3. The third-order valence-electron chi connectivity index (χ3n) is 6.17. The summed E-state index contributed by atoms with van der Waals surface area (Å²) in [6.07, 6.45) is 5.95. The lowest BCUT2D eigenvalue weighted by molar-refractivity contribution is 0.182. The minimum absolute atomic E-state index is 0.247. The molecule has 2 unspecified atom stereocenters. The average Bonchev–Trinajstić information content (AvgIpc) is 3.44. The zero-order valence-electron chi connectivity index (χ0n) is 18.7. The molecule has 0 bridgehead atoms. The maximum absolute atomic E-state index is 10.7. The van der Waals surface area contributed by atoms with Gasteiger partial charge in [-0.2, -0.15) is 0 Å². The van der Waals surface area contributed by atoms with E-state index in [2.05, 4.69) is 27.4 Å². The van der Waals surface area contributed by atoms with Crippen LogP contribution in [0.15, 0.2) is 23.2 Å². The molecule has 7 heteroatoms. The molecule has 2 atom stereocenters. The molecule has 1 aliphatic heterocycles. The number of hydrogen-bond donors (Lipinski definition) is 3. The summed E-state index contributed by atoms with van der Waals surface area (Å²) in [5, 5.41) is 17.6. The SMILES string of the molecule is CCNC(=NCC(O)c1cc(OC)ccc1OC)NC1CCN(CC2CCCC2)C1. The molecular formula is C23H38N4O3. The summed E-state index contributed by atoms with van der Waals surface area (Å²) < 4.78 is 10.7. The first-order valence-corrected chi connectivity index (χ1v) is 11.3. The second kappa shape index (κ2) is 11.4. The van der Waals surface area contributed by atoms with Gasteiger partial charge in [-0.25, -0.2) is 0 Å². The van der Waals surface area contributed by atoms with Crippen LogP contribution in [0.1, 0.15) is 50.7 Å². The van der Waals surface area contributed by atoms with Gasteiger partial charge in [-0.1, -0.05) is 12.8 Å². The highest BCUT2D eigenvalue weighted by atomic mass is 16.5. The Labute approximate surface area is 180 Å². The van der Waals surface area contributed by atoms with Gasteiger partial charge >= 0.3 is 0 Å². The van der Waals surface area contributed by atoms with E-state index in [9.17, 15) is 5.11 Å². The fraction of sp³-hybridized carbons (Fsp3) is 0.696. The van der Waals surface area contributed by atoms with Crippen LogP contribution >= 0.6 is 0 Å². The molecule has 2 aliphatic rings. The minimum Gasteiger partial charge on any atom is -0.497 e. The highest BCUT2D eigenvalue weighted by Crippen LogP contribution is 2.29. The van der Waals surface area contributed by atoms with Gasteiger partial charge in [0, 0.05) is 37.8 Å². The third kappa shape index (κ3) is 6.25. The molecule has 1 saturated carbocycles. The van der Waals surface area contributed by atoms with Gasteiger partial charge in [0.15, 0.2) is 5.96 Å². The lowest BCUT2D eigenvalue weighted by Crippen LogP contribution is -2.45. The van der Waals surface area contributed by atoms with Crippen LogP contribution in [0.4, 0.5) is 0 Å². The summed E-state index contributed by atoms with van der Waals surface area (Å²) in [4.78, 5) is 7.23. The van der Waals surface area contributed by atoms with Crippen LogP contribution in [0.25, 0.3) is 0 Å². The molecule has 3 rings (SSSR count). The Bertz CT molecular complexity index is 691. The molecule has 0 aromatic heterocycles. The number of rotatable bonds is 9. The molecule has 1 aromatic carbocycles. The summed E-state index contributed by atoms with van der Waals surface area (Å²) in [6.45, 7) is 6.53. The van der Waals surface area contributed by atoms with Crippen molar-refractivity contribution in [1.82, 2.24) is 15.5 Å². The summed E-state index contributed by atoms with van der Waals surface area (Å²) in [5.74, 6) is 2.96. The highest BCUT2D eigenvalue weighted by Gasteiger charge is 2.26. The van der Waals surface area contributed by atoms with E-state index >= 15 is 0 Å². The van der Waals surface area contributed by atoms with Crippen molar-refractivity contribution in [2.75, 3.05) is 46.9 Å². The fourth-order valence-corrected chi connectivity index (χ4v) is 4.56. The number of nitrogens with zero attached hydrogens (tertiary/aromatic N) is 2. The monoisotopic (exact) mass is 418 g/mol. The van der Waals surface area contributed by atoms with Gasteiger partial charge in [-0.05, 0) is 50.3 Å². The van der Waals surface area contributed by atoms with E-state index in [0.717, 1.165) is 37.9 Å². The molecule has 1 heterocycles. The van der Waals surface area contributed by atoms with Crippen LogP contribution in [0.5, 0.6) is 11.5 Å². The zero-order chi connectivity index (χ0) is 21.3. The quantitative estimate of drug-likeness (QED) is 0.423. The Morgan fingerprint density at radius 3 is 2.73 bits per heavy atom. The van der Waals surface area contributed by atoms with Crippen LogP contribution in [0.2, 0.25) is 0 Å². The number of aliphatic imine (C=N–C) groups is 1. The molecule has 7 nitrogen and oxygen atoms in total. The van der Waals surface area contributed by atoms with Crippen molar-refractivity contribution in [3.8, 4) is 11.5 Å². The fourth-order valence-electron chi connectivity index (χ4n) is 4.56. The molecule has 0 radical (unpaired) electrons. The zero-order valence-corrected chi connectivity index (χ0v) is 18.7. The van der Waals surface area contributed by atoms with E-state index in [1.807, 2.05) is 12.1 Å². The highest BCUT2D eigenvalue weighted by molar-refractivity contribution is 5.80. The van der Waals surface area contributed by atoms with Gasteiger partial charge < -0.3 is 30.1 Å². The molecule has 3 N–H and O–H groups in total. The predicted molar refractivity (Wildman–Crippen MR) is 120 cm³/mol. The lowest BCUT2D eigenvalue weighted by atomic mass is 10.1. The van der Waals surface area contributed by atoms with Crippen molar-refractivity contribution < 1.29 is 14.6 Å². The van der Waals surface area contributed by atoms with Crippen molar-refractivity contribution in [2.45, 2.75) is 51.2 Å². The van der Waals surface area contributed by atoms with Gasteiger partial charge in [0.05, 0.1) is 20.8 Å². The minimum atomic E-state index is -0.770. The first kappa shape index (κ1) is 22.7. The number of nitrogens with one attached hydrogen (secondary N) is 2. The summed E-state index contributed by atoms with van der Waals surface area (Å²) in [5.41, 5.74) is 0.681. The van der Waals surface area contributed by atoms with E-state index in [1.54, 1.807) is 20.3 Å². The molecule has 2 fully saturated rings. The molecular weight excluding hydrogens is 380 g/mol. The second-order valence-corrected chi connectivity index (χ2v) is 8.38. The van der Waals surface area contributed by atoms with Gasteiger partial charge in [0.2, 0.25) is 0 Å². The van der Waals surface area contributed by atoms with Crippen LogP contribution in [0.3, 0.4) is 0 Å². The Balaban J connectivity index is 1.56. The van der Waals surface area contributed by atoms with Gasteiger partial charge in [0.25, 0.3) is 0 Å². The normalized spacial score (nSPS) is 21.6. The maximum Gasteiger partial charge on any atom is 0.191 e. The molecule has 0 amide bonds. The Hall–Kier alpha value is -1.99. The largest absolute Gasteiger partial charge is 0.497 e. The van der Waals surface area contributed by atoms with Crippen LogP contribution < -0.4 is 20.1 Å². The number of benzene rings is 1. The molecule has 1 aliphatic carbocycles. The Morgan fingerprint density at radius 2 is 2.03 bits per heavy atom. The lowest BCUT2D eigenvalue weighted by Gasteiger charge is -2.21. The van der Waals surface area contributed by atoms with E-state index in [-0.39, 0.29) is 6.54 Å². The standard InChI is InChI=1S/C23H38N4O3/c1-4-24-23(26-18-11-12-27(16-18)15-17-7-5-6-8-17)25-14-21(28)20-13-19(29-2)9-10-22(20)30-3/h9-10,13,17-18,21,28H,4-8,11-12,14-16H2,1-3H3,(H2,24,25,26).